The Labute approximate surface area is 168 Å². The lowest BCUT2D eigenvalue weighted by molar-refractivity contribution is -0.143. The topological polar surface area (TPSA) is 199 Å². The first kappa shape index (κ1) is 25.9. The van der Waals surface area contributed by atoms with Crippen molar-refractivity contribution in [3.05, 3.63) is 59.7 Å². The lowest BCUT2D eigenvalue weighted by Crippen LogP contribution is -2.46. The van der Waals surface area contributed by atoms with Crippen molar-refractivity contribution in [1.82, 2.24) is 0 Å². The monoisotopic (exact) mass is 408 g/mol. The van der Waals surface area contributed by atoms with Crippen LogP contribution in [0.5, 0.6) is 11.5 Å². The van der Waals surface area contributed by atoms with Crippen LogP contribution in [0.15, 0.2) is 48.5 Å². The maximum absolute atomic E-state index is 10.7. The van der Waals surface area contributed by atoms with Crippen LogP contribution < -0.4 is 11.5 Å². The average Bonchev–Trinajstić information content (AvgIpc) is 2.59. The van der Waals surface area contributed by atoms with Crippen molar-refractivity contribution in [3.63, 3.8) is 0 Å². The van der Waals surface area contributed by atoms with Crippen LogP contribution in [0.25, 0.3) is 0 Å². The minimum absolute atomic E-state index is 0. The average molecular weight is 408 g/mol. The number of carboxylic acids is 2. The number of phenols is 2. The first-order chi connectivity index (χ1) is 12.8. The number of benzene rings is 2. The van der Waals surface area contributed by atoms with Crippen LogP contribution in [0.3, 0.4) is 0 Å². The number of aromatic hydroxyl groups is 2. The SMILES string of the molecule is C[C@](N)(Cc1ccc(O)cc1)C(=O)O.C[C@](N)(Cc1ccc(O)cc1)C(=O)O.O. The molecule has 2 aromatic rings. The van der Waals surface area contributed by atoms with E-state index in [9.17, 15) is 9.59 Å². The molecule has 10 N–H and O–H groups in total. The van der Waals surface area contributed by atoms with E-state index in [0.29, 0.717) is 0 Å². The molecular formula is C20H28N2O7. The van der Waals surface area contributed by atoms with Gasteiger partial charge in [-0.05, 0) is 49.2 Å². The molecule has 2 atom stereocenters. The third kappa shape index (κ3) is 8.60. The summed E-state index contributed by atoms with van der Waals surface area (Å²) < 4.78 is 0. The van der Waals surface area contributed by atoms with E-state index in [-0.39, 0.29) is 29.8 Å². The molecule has 0 aliphatic heterocycles. The highest BCUT2D eigenvalue weighted by Crippen LogP contribution is 2.15. The molecule has 0 spiro atoms. The van der Waals surface area contributed by atoms with Crippen molar-refractivity contribution in [2.75, 3.05) is 0 Å². The minimum Gasteiger partial charge on any atom is -0.508 e. The van der Waals surface area contributed by atoms with Crippen LogP contribution in [-0.4, -0.2) is 48.9 Å². The van der Waals surface area contributed by atoms with Gasteiger partial charge in [-0.2, -0.15) is 0 Å². The van der Waals surface area contributed by atoms with E-state index >= 15 is 0 Å². The van der Waals surface area contributed by atoms with E-state index in [1.54, 1.807) is 24.3 Å². The second kappa shape index (κ2) is 10.4. The molecule has 9 heteroatoms. The van der Waals surface area contributed by atoms with Crippen LogP contribution in [-0.2, 0) is 22.4 Å². The highest BCUT2D eigenvalue weighted by Gasteiger charge is 2.28. The first-order valence-corrected chi connectivity index (χ1v) is 8.44. The number of hydrogen-bond acceptors (Lipinski definition) is 6. The lowest BCUT2D eigenvalue weighted by atomic mass is 9.94. The standard InChI is InChI=1S/2C10H13NO3.H2O/c2*1-10(11,9(13)14)6-7-2-4-8(12)5-3-7;/h2*2-5,12H,6,11H2,1H3,(H,13,14);1H2/t2*10-;/m00./s1. The molecule has 0 heterocycles. The van der Waals surface area contributed by atoms with Gasteiger partial charge in [-0.15, -0.1) is 0 Å². The van der Waals surface area contributed by atoms with Crippen molar-refractivity contribution >= 4 is 11.9 Å². The van der Waals surface area contributed by atoms with Gasteiger partial charge in [0, 0.05) is 12.8 Å². The highest BCUT2D eigenvalue weighted by atomic mass is 16.4. The molecule has 0 bridgehead atoms. The number of rotatable bonds is 6. The van der Waals surface area contributed by atoms with Crippen molar-refractivity contribution in [3.8, 4) is 11.5 Å². The second-order valence-electron chi connectivity index (χ2n) is 7.13. The zero-order valence-electron chi connectivity index (χ0n) is 16.3. The maximum atomic E-state index is 10.7. The van der Waals surface area contributed by atoms with Gasteiger partial charge in [0.15, 0.2) is 0 Å². The molecule has 0 aliphatic rings. The fourth-order valence-electron chi connectivity index (χ4n) is 2.23. The summed E-state index contributed by atoms with van der Waals surface area (Å²) in [5, 5.41) is 35.6. The van der Waals surface area contributed by atoms with Gasteiger partial charge in [-0.25, -0.2) is 0 Å². The molecule has 0 unspecified atom stereocenters. The number of nitrogens with two attached hydrogens (primary N) is 2. The van der Waals surface area contributed by atoms with E-state index in [1.807, 2.05) is 0 Å². The molecule has 0 aromatic heterocycles. The Balaban J connectivity index is 0.000000523. The number of carbonyl (C=O) groups is 2. The van der Waals surface area contributed by atoms with E-state index in [2.05, 4.69) is 0 Å². The smallest absolute Gasteiger partial charge is 0.323 e. The first-order valence-electron chi connectivity index (χ1n) is 8.44. The largest absolute Gasteiger partial charge is 0.508 e. The normalized spacial score (nSPS) is 14.2. The van der Waals surface area contributed by atoms with Gasteiger partial charge < -0.3 is 37.4 Å². The molecule has 0 fully saturated rings. The number of phenolic OH excluding ortho intramolecular Hbond substituents is 2. The summed E-state index contributed by atoms with van der Waals surface area (Å²) in [6.07, 6.45) is 0.477. The predicted molar refractivity (Wildman–Crippen MR) is 108 cm³/mol. The third-order valence-corrected chi connectivity index (χ3v) is 3.99. The van der Waals surface area contributed by atoms with Crippen LogP contribution in [0.1, 0.15) is 25.0 Å². The summed E-state index contributed by atoms with van der Waals surface area (Å²) in [7, 11) is 0. The quantitative estimate of drug-likeness (QED) is 0.400. The Morgan fingerprint density at radius 2 is 0.966 bits per heavy atom. The summed E-state index contributed by atoms with van der Waals surface area (Å²) >= 11 is 0. The van der Waals surface area contributed by atoms with Crippen molar-refractivity contribution < 1.29 is 35.5 Å². The Kier molecular flexibility index (Phi) is 9.29. The van der Waals surface area contributed by atoms with Crippen molar-refractivity contribution in [2.45, 2.75) is 37.8 Å². The van der Waals surface area contributed by atoms with Crippen molar-refractivity contribution in [1.29, 1.82) is 0 Å². The Bertz CT molecular complexity index is 731. The van der Waals surface area contributed by atoms with Gasteiger partial charge >= 0.3 is 11.9 Å². The number of hydrogen-bond donors (Lipinski definition) is 6. The zero-order valence-corrected chi connectivity index (χ0v) is 16.3. The third-order valence-electron chi connectivity index (χ3n) is 3.99. The van der Waals surface area contributed by atoms with Crippen molar-refractivity contribution in [2.24, 2.45) is 11.5 Å². The van der Waals surface area contributed by atoms with E-state index in [0.717, 1.165) is 11.1 Å². The Morgan fingerprint density at radius 1 is 0.724 bits per heavy atom. The second-order valence-corrected chi connectivity index (χ2v) is 7.13. The lowest BCUT2D eigenvalue weighted by Gasteiger charge is -2.18. The van der Waals surface area contributed by atoms with E-state index < -0.39 is 23.0 Å². The molecule has 0 aliphatic carbocycles. The van der Waals surface area contributed by atoms with Gasteiger partial charge in [0.1, 0.15) is 22.6 Å². The molecule has 0 radical (unpaired) electrons. The molecule has 29 heavy (non-hydrogen) atoms. The molecule has 0 saturated heterocycles. The number of aliphatic carboxylic acids is 2. The van der Waals surface area contributed by atoms with Gasteiger partial charge in [0.25, 0.3) is 0 Å². The summed E-state index contributed by atoms with van der Waals surface area (Å²) in [5.74, 6) is -1.76. The van der Waals surface area contributed by atoms with E-state index in [4.69, 9.17) is 31.9 Å². The highest BCUT2D eigenvalue weighted by molar-refractivity contribution is 5.78. The molecular weight excluding hydrogens is 380 g/mol. The van der Waals surface area contributed by atoms with Gasteiger partial charge in [-0.1, -0.05) is 24.3 Å². The predicted octanol–water partition coefficient (Wildman–Crippen LogP) is 0.649. The molecule has 0 amide bonds. The Morgan fingerprint density at radius 3 is 1.17 bits per heavy atom. The summed E-state index contributed by atoms with van der Waals surface area (Å²) in [6, 6.07) is 12.7. The molecule has 160 valence electrons. The van der Waals surface area contributed by atoms with Crippen LogP contribution in [0.2, 0.25) is 0 Å². The van der Waals surface area contributed by atoms with Crippen LogP contribution in [0, 0.1) is 0 Å². The van der Waals surface area contributed by atoms with Crippen LogP contribution >= 0.6 is 0 Å². The van der Waals surface area contributed by atoms with Gasteiger partial charge in [0.05, 0.1) is 0 Å². The van der Waals surface area contributed by atoms with Gasteiger partial charge in [0.2, 0.25) is 0 Å². The molecule has 9 nitrogen and oxygen atoms in total. The van der Waals surface area contributed by atoms with Crippen LogP contribution in [0.4, 0.5) is 0 Å². The summed E-state index contributed by atoms with van der Waals surface area (Å²) in [6.45, 7) is 2.92. The summed E-state index contributed by atoms with van der Waals surface area (Å²) in [5.41, 5.74) is 10.2. The number of carboxylic acid groups (broad SMARTS) is 2. The van der Waals surface area contributed by atoms with Gasteiger partial charge in [-0.3, -0.25) is 9.59 Å². The minimum atomic E-state index is -1.27. The summed E-state index contributed by atoms with van der Waals surface area (Å²) in [4.78, 5) is 21.4. The molecule has 2 rings (SSSR count). The maximum Gasteiger partial charge on any atom is 0.323 e. The fourth-order valence-corrected chi connectivity index (χ4v) is 2.23. The Hall–Kier alpha value is -3.14. The molecule has 2 aromatic carbocycles. The van der Waals surface area contributed by atoms with E-state index in [1.165, 1.54) is 38.1 Å². The fraction of sp³-hybridized carbons (Fsp3) is 0.300. The molecule has 0 saturated carbocycles. The zero-order chi connectivity index (χ0) is 21.5.